The highest BCUT2D eigenvalue weighted by atomic mass is 16.5. The van der Waals surface area contributed by atoms with Gasteiger partial charge in [0.05, 0.1) is 25.9 Å². The zero-order valence-corrected chi connectivity index (χ0v) is 14.4. The van der Waals surface area contributed by atoms with Gasteiger partial charge in [-0.3, -0.25) is 9.69 Å². The highest BCUT2D eigenvalue weighted by molar-refractivity contribution is 5.78. The molecular formula is C19H28N2O3. The summed E-state index contributed by atoms with van der Waals surface area (Å²) in [7, 11) is 1.86. The number of aliphatic hydroxyl groups excluding tert-OH is 1. The van der Waals surface area contributed by atoms with Crippen molar-refractivity contribution < 1.29 is 14.6 Å². The fourth-order valence-electron chi connectivity index (χ4n) is 3.91. The maximum absolute atomic E-state index is 12.6. The van der Waals surface area contributed by atoms with Crippen molar-refractivity contribution >= 4 is 5.91 Å². The molecule has 0 unspecified atom stereocenters. The Labute approximate surface area is 144 Å². The lowest BCUT2D eigenvalue weighted by Crippen LogP contribution is -2.54. The van der Waals surface area contributed by atoms with Crippen LogP contribution in [0.5, 0.6) is 0 Å². The molecule has 1 aromatic carbocycles. The molecule has 1 amide bonds. The van der Waals surface area contributed by atoms with Gasteiger partial charge < -0.3 is 14.7 Å². The predicted molar refractivity (Wildman–Crippen MR) is 92.4 cm³/mol. The van der Waals surface area contributed by atoms with E-state index in [0.717, 1.165) is 31.4 Å². The standard InChI is InChI=1S/C19H28N2O3/c1-20(12-15-6-3-2-4-7-15)19(23)13-21-10-11-24-14-17(21)16-8-5-9-18(16)22/h2-4,6-7,16-18,22H,5,8-14H2,1H3/t16-,17-,18+/m1/s1. The van der Waals surface area contributed by atoms with Crippen LogP contribution in [0, 0.1) is 5.92 Å². The van der Waals surface area contributed by atoms with E-state index in [2.05, 4.69) is 4.90 Å². The van der Waals surface area contributed by atoms with Crippen LogP contribution in [0.1, 0.15) is 24.8 Å². The van der Waals surface area contributed by atoms with E-state index < -0.39 is 0 Å². The first-order valence-corrected chi connectivity index (χ1v) is 8.93. The van der Waals surface area contributed by atoms with E-state index in [1.165, 1.54) is 0 Å². The van der Waals surface area contributed by atoms with Crippen molar-refractivity contribution in [3.8, 4) is 0 Å². The van der Waals surface area contributed by atoms with E-state index in [-0.39, 0.29) is 24.0 Å². The number of amides is 1. The first kappa shape index (κ1) is 17.4. The minimum atomic E-state index is -0.253. The molecule has 3 atom stereocenters. The summed E-state index contributed by atoms with van der Waals surface area (Å²) < 4.78 is 5.63. The van der Waals surface area contributed by atoms with Gasteiger partial charge in [-0.2, -0.15) is 0 Å². The van der Waals surface area contributed by atoms with Gasteiger partial charge in [-0.1, -0.05) is 36.8 Å². The average Bonchev–Trinajstić information content (AvgIpc) is 3.02. The third kappa shape index (κ3) is 4.15. The molecular weight excluding hydrogens is 304 g/mol. The molecule has 1 N–H and O–H groups in total. The van der Waals surface area contributed by atoms with Crippen LogP contribution in [-0.2, 0) is 16.1 Å². The molecule has 1 saturated carbocycles. The fraction of sp³-hybridized carbons (Fsp3) is 0.632. The molecule has 1 saturated heterocycles. The van der Waals surface area contributed by atoms with Crippen LogP contribution in [0.4, 0.5) is 0 Å². The SMILES string of the molecule is CN(Cc1ccccc1)C(=O)CN1CCOC[C@@H]1[C@H]1CCC[C@@H]1O. The summed E-state index contributed by atoms with van der Waals surface area (Å²) in [5, 5.41) is 10.2. The summed E-state index contributed by atoms with van der Waals surface area (Å²) in [5.41, 5.74) is 1.14. The molecule has 0 aromatic heterocycles. The van der Waals surface area contributed by atoms with Crippen LogP contribution in [0.2, 0.25) is 0 Å². The van der Waals surface area contributed by atoms with Gasteiger partial charge in [0, 0.05) is 32.1 Å². The maximum Gasteiger partial charge on any atom is 0.236 e. The van der Waals surface area contributed by atoms with Gasteiger partial charge in [-0.25, -0.2) is 0 Å². The molecule has 5 heteroatoms. The van der Waals surface area contributed by atoms with Gasteiger partial charge in [-0.05, 0) is 18.4 Å². The number of hydrogen-bond donors (Lipinski definition) is 1. The second-order valence-corrected chi connectivity index (χ2v) is 7.01. The summed E-state index contributed by atoms with van der Waals surface area (Å²) in [4.78, 5) is 16.6. The van der Waals surface area contributed by atoms with Crippen molar-refractivity contribution in [1.29, 1.82) is 0 Å². The third-order valence-corrected chi connectivity index (χ3v) is 5.33. The van der Waals surface area contributed by atoms with Gasteiger partial charge in [-0.15, -0.1) is 0 Å². The first-order chi connectivity index (χ1) is 11.6. The summed E-state index contributed by atoms with van der Waals surface area (Å²) in [6.07, 6.45) is 2.71. The van der Waals surface area contributed by atoms with E-state index in [0.29, 0.717) is 26.3 Å². The molecule has 1 aliphatic heterocycles. The molecule has 24 heavy (non-hydrogen) atoms. The molecule has 2 aliphatic rings. The molecule has 132 valence electrons. The molecule has 1 heterocycles. The first-order valence-electron chi connectivity index (χ1n) is 8.93. The number of morpholine rings is 1. The lowest BCUT2D eigenvalue weighted by atomic mass is 9.94. The Bertz CT molecular complexity index is 537. The number of likely N-dealkylation sites (N-methyl/N-ethyl adjacent to an activating group) is 1. The Balaban J connectivity index is 1.59. The fourth-order valence-corrected chi connectivity index (χ4v) is 3.91. The lowest BCUT2D eigenvalue weighted by Gasteiger charge is -2.40. The highest BCUT2D eigenvalue weighted by Crippen LogP contribution is 2.32. The largest absolute Gasteiger partial charge is 0.393 e. The van der Waals surface area contributed by atoms with Crippen LogP contribution in [0.3, 0.4) is 0 Å². The number of hydrogen-bond acceptors (Lipinski definition) is 4. The molecule has 2 fully saturated rings. The van der Waals surface area contributed by atoms with Crippen LogP contribution >= 0.6 is 0 Å². The predicted octanol–water partition coefficient (Wildman–Crippen LogP) is 1.51. The molecule has 1 aromatic rings. The van der Waals surface area contributed by atoms with E-state index in [1.807, 2.05) is 37.4 Å². The zero-order chi connectivity index (χ0) is 16.9. The summed E-state index contributed by atoms with van der Waals surface area (Å²) in [5.74, 6) is 0.357. The van der Waals surface area contributed by atoms with Gasteiger partial charge in [0.2, 0.25) is 5.91 Å². The number of carbonyl (C=O) groups excluding carboxylic acids is 1. The maximum atomic E-state index is 12.6. The molecule has 1 aliphatic carbocycles. The summed E-state index contributed by atoms with van der Waals surface area (Å²) >= 11 is 0. The quantitative estimate of drug-likeness (QED) is 0.888. The van der Waals surface area contributed by atoms with Crippen molar-refractivity contribution in [2.24, 2.45) is 5.92 Å². The summed E-state index contributed by atoms with van der Waals surface area (Å²) in [6, 6.07) is 10.2. The molecule has 3 rings (SSSR count). The Morgan fingerprint density at radius 1 is 1.33 bits per heavy atom. The van der Waals surface area contributed by atoms with Crippen LogP contribution in [0.25, 0.3) is 0 Å². The Hall–Kier alpha value is -1.43. The van der Waals surface area contributed by atoms with Gasteiger partial charge >= 0.3 is 0 Å². The molecule has 0 spiro atoms. The molecule has 5 nitrogen and oxygen atoms in total. The number of benzene rings is 1. The van der Waals surface area contributed by atoms with E-state index in [9.17, 15) is 9.90 Å². The third-order valence-electron chi connectivity index (χ3n) is 5.33. The minimum Gasteiger partial charge on any atom is -0.393 e. The van der Waals surface area contributed by atoms with Gasteiger partial charge in [0.15, 0.2) is 0 Å². The van der Waals surface area contributed by atoms with Crippen molar-refractivity contribution in [3.63, 3.8) is 0 Å². The minimum absolute atomic E-state index is 0.123. The Kier molecular flexibility index (Phi) is 5.87. The highest BCUT2D eigenvalue weighted by Gasteiger charge is 2.38. The number of nitrogens with zero attached hydrogens (tertiary/aromatic N) is 2. The molecule has 0 radical (unpaired) electrons. The van der Waals surface area contributed by atoms with E-state index >= 15 is 0 Å². The zero-order valence-electron chi connectivity index (χ0n) is 14.4. The molecule has 0 bridgehead atoms. The topological polar surface area (TPSA) is 53.0 Å². The van der Waals surface area contributed by atoms with E-state index in [1.54, 1.807) is 4.90 Å². The second kappa shape index (κ2) is 8.10. The van der Waals surface area contributed by atoms with Crippen molar-refractivity contribution in [2.75, 3.05) is 33.4 Å². The van der Waals surface area contributed by atoms with Crippen molar-refractivity contribution in [3.05, 3.63) is 35.9 Å². The van der Waals surface area contributed by atoms with Crippen molar-refractivity contribution in [1.82, 2.24) is 9.80 Å². The number of carbonyl (C=O) groups is 1. The Morgan fingerprint density at radius 2 is 2.12 bits per heavy atom. The monoisotopic (exact) mass is 332 g/mol. The van der Waals surface area contributed by atoms with Crippen molar-refractivity contribution in [2.45, 2.75) is 38.0 Å². The summed E-state index contributed by atoms with van der Waals surface area (Å²) in [6.45, 7) is 3.08. The average molecular weight is 332 g/mol. The van der Waals surface area contributed by atoms with E-state index in [4.69, 9.17) is 4.74 Å². The number of aliphatic hydroxyl groups is 1. The Morgan fingerprint density at radius 3 is 2.83 bits per heavy atom. The van der Waals surface area contributed by atoms with Gasteiger partial charge in [0.25, 0.3) is 0 Å². The lowest BCUT2D eigenvalue weighted by molar-refractivity contribution is -0.135. The van der Waals surface area contributed by atoms with Crippen LogP contribution in [0.15, 0.2) is 30.3 Å². The van der Waals surface area contributed by atoms with Crippen LogP contribution < -0.4 is 0 Å². The normalized spacial score (nSPS) is 28.0. The number of ether oxygens (including phenoxy) is 1. The van der Waals surface area contributed by atoms with Crippen LogP contribution in [-0.4, -0.2) is 66.3 Å². The smallest absolute Gasteiger partial charge is 0.236 e. The second-order valence-electron chi connectivity index (χ2n) is 7.01. The number of rotatable bonds is 5. The van der Waals surface area contributed by atoms with Gasteiger partial charge in [0.1, 0.15) is 0 Å².